The summed E-state index contributed by atoms with van der Waals surface area (Å²) < 4.78 is 11.3. The smallest absolute Gasteiger partial charge is 0.220 e. The van der Waals surface area contributed by atoms with E-state index in [1.54, 1.807) is 0 Å². The van der Waals surface area contributed by atoms with Crippen LogP contribution in [0.2, 0.25) is 0 Å². The van der Waals surface area contributed by atoms with Gasteiger partial charge in [-0.25, -0.2) is 0 Å². The summed E-state index contributed by atoms with van der Waals surface area (Å²) in [6, 6.07) is -0.727. The minimum atomic E-state index is -1.56. The van der Waals surface area contributed by atoms with Gasteiger partial charge in [-0.15, -0.1) is 0 Å². The monoisotopic (exact) mass is 962 g/mol. The number of ether oxygens (including phenoxy) is 2. The van der Waals surface area contributed by atoms with Crippen LogP contribution in [0.5, 0.6) is 0 Å². The second-order valence-electron chi connectivity index (χ2n) is 20.4. The molecule has 0 spiro atoms. The summed E-state index contributed by atoms with van der Waals surface area (Å²) in [6.45, 7) is 3.85. The quantitative estimate of drug-likeness (QED) is 0.0261. The molecule has 400 valence electrons. The standard InChI is InChI=1S/C59H111NO8/c1-3-5-7-9-11-13-15-17-19-21-23-25-26-27-29-30-32-34-36-38-40-42-44-46-48-53(62)52(51-67-59-58(66)57(65)56(64)54(50-61)68-59)60-55(63)49-47-45-43-41-39-37-35-33-31-28-24-22-20-18-16-14-12-10-8-6-4-2/h16,18,22,24,31,33,52-54,56-59,61-62,64-66H,3-15,17,19-21,23,25-30,32,34-51H2,1-2H3,(H,60,63)/b18-16-,24-22-,33-31-. The zero-order chi connectivity index (χ0) is 49.4. The Kier molecular flexibility index (Phi) is 46.4. The van der Waals surface area contributed by atoms with Crippen LogP contribution in [0.4, 0.5) is 0 Å². The molecule has 1 saturated heterocycles. The van der Waals surface area contributed by atoms with Crippen molar-refractivity contribution in [2.45, 2.75) is 320 Å². The molecule has 0 radical (unpaired) electrons. The van der Waals surface area contributed by atoms with Gasteiger partial charge in [-0.05, 0) is 51.4 Å². The first-order chi connectivity index (χ1) is 33.3. The molecule has 1 amide bonds. The van der Waals surface area contributed by atoms with Gasteiger partial charge in [-0.2, -0.15) is 0 Å². The first-order valence-corrected chi connectivity index (χ1v) is 29.2. The fraction of sp³-hybridized carbons (Fsp3) is 0.881. The van der Waals surface area contributed by atoms with Crippen LogP contribution in [0.3, 0.4) is 0 Å². The summed E-state index contributed by atoms with van der Waals surface area (Å²) in [5, 5.41) is 54.7. The van der Waals surface area contributed by atoms with Crippen molar-refractivity contribution in [2.75, 3.05) is 13.2 Å². The number of hydrogen-bond acceptors (Lipinski definition) is 8. The average molecular weight is 963 g/mol. The Labute approximate surface area is 419 Å². The van der Waals surface area contributed by atoms with Crippen molar-refractivity contribution < 1.29 is 39.8 Å². The maximum absolute atomic E-state index is 13.1. The van der Waals surface area contributed by atoms with E-state index in [4.69, 9.17) is 9.47 Å². The van der Waals surface area contributed by atoms with E-state index in [2.05, 4.69) is 55.6 Å². The van der Waals surface area contributed by atoms with Crippen LogP contribution < -0.4 is 5.32 Å². The largest absolute Gasteiger partial charge is 0.394 e. The maximum Gasteiger partial charge on any atom is 0.220 e. The maximum atomic E-state index is 13.1. The molecule has 0 aromatic rings. The van der Waals surface area contributed by atoms with Crippen molar-refractivity contribution in [2.24, 2.45) is 0 Å². The van der Waals surface area contributed by atoms with E-state index >= 15 is 0 Å². The number of aliphatic hydroxyl groups is 5. The van der Waals surface area contributed by atoms with Gasteiger partial charge in [0, 0.05) is 6.42 Å². The zero-order valence-corrected chi connectivity index (χ0v) is 44.4. The van der Waals surface area contributed by atoms with Crippen molar-refractivity contribution in [1.82, 2.24) is 5.32 Å². The molecule has 6 N–H and O–H groups in total. The third kappa shape index (κ3) is 38.1. The molecule has 0 bridgehead atoms. The fourth-order valence-corrected chi connectivity index (χ4v) is 9.35. The molecule has 1 fully saturated rings. The minimum Gasteiger partial charge on any atom is -0.394 e. The van der Waals surface area contributed by atoms with E-state index in [1.807, 2.05) is 0 Å². The van der Waals surface area contributed by atoms with Gasteiger partial charge in [0.15, 0.2) is 6.29 Å². The Morgan fingerprint density at radius 2 is 0.868 bits per heavy atom. The van der Waals surface area contributed by atoms with E-state index in [0.717, 1.165) is 64.2 Å². The van der Waals surface area contributed by atoms with Crippen molar-refractivity contribution >= 4 is 5.91 Å². The summed E-state index contributed by atoms with van der Waals surface area (Å²) in [7, 11) is 0. The molecular weight excluding hydrogens is 851 g/mol. The molecule has 0 saturated carbocycles. The minimum absolute atomic E-state index is 0.142. The number of unbranched alkanes of at least 4 members (excludes halogenated alkanes) is 34. The molecule has 9 nitrogen and oxygen atoms in total. The van der Waals surface area contributed by atoms with E-state index in [1.165, 1.54) is 186 Å². The summed E-state index contributed by atoms with van der Waals surface area (Å²) in [4.78, 5) is 13.1. The van der Waals surface area contributed by atoms with Crippen molar-refractivity contribution in [3.8, 4) is 0 Å². The molecule has 1 heterocycles. The van der Waals surface area contributed by atoms with E-state index in [-0.39, 0.29) is 12.5 Å². The van der Waals surface area contributed by atoms with Crippen LogP contribution >= 0.6 is 0 Å². The van der Waals surface area contributed by atoms with E-state index in [0.29, 0.717) is 12.8 Å². The van der Waals surface area contributed by atoms with Crippen LogP contribution in [-0.4, -0.2) is 87.5 Å². The van der Waals surface area contributed by atoms with Crippen LogP contribution in [0.25, 0.3) is 0 Å². The number of hydrogen-bond donors (Lipinski definition) is 6. The molecule has 0 aliphatic carbocycles. The van der Waals surface area contributed by atoms with Gasteiger partial charge in [-0.1, -0.05) is 256 Å². The third-order valence-corrected chi connectivity index (χ3v) is 14.0. The topological polar surface area (TPSA) is 149 Å². The zero-order valence-electron chi connectivity index (χ0n) is 44.4. The van der Waals surface area contributed by atoms with Gasteiger partial charge < -0.3 is 40.3 Å². The Morgan fingerprint density at radius 3 is 1.28 bits per heavy atom. The number of rotatable bonds is 50. The molecule has 1 aliphatic heterocycles. The van der Waals surface area contributed by atoms with Crippen LogP contribution in [0, 0.1) is 0 Å². The highest BCUT2D eigenvalue weighted by molar-refractivity contribution is 5.76. The molecular formula is C59H111NO8. The first-order valence-electron chi connectivity index (χ1n) is 29.2. The lowest BCUT2D eigenvalue weighted by molar-refractivity contribution is -0.302. The Bertz CT molecular complexity index is 1160. The van der Waals surface area contributed by atoms with Gasteiger partial charge in [0.25, 0.3) is 0 Å². The summed E-state index contributed by atoms with van der Waals surface area (Å²) in [5.41, 5.74) is 0. The normalized spacial score (nSPS) is 19.8. The predicted octanol–water partition coefficient (Wildman–Crippen LogP) is 14.4. The SMILES string of the molecule is CCCCCCC/C=C\C/C=C\C/C=C\CCCCCCCCC(=O)NC(COC1OC(CO)C(O)C(O)C1O)C(O)CCCCCCCCCCCCCCCCCCCCCCCCCC. The van der Waals surface area contributed by atoms with Crippen LogP contribution in [0.15, 0.2) is 36.5 Å². The van der Waals surface area contributed by atoms with E-state index < -0.39 is 49.5 Å². The molecule has 1 rings (SSSR count). The molecule has 0 aromatic heterocycles. The number of amides is 1. The second-order valence-corrected chi connectivity index (χ2v) is 20.4. The Morgan fingerprint density at radius 1 is 0.500 bits per heavy atom. The number of allylic oxidation sites excluding steroid dienone is 6. The highest BCUT2D eigenvalue weighted by Crippen LogP contribution is 2.23. The summed E-state index contributed by atoms with van der Waals surface area (Å²) in [6.07, 6.45) is 55.9. The lowest BCUT2D eigenvalue weighted by atomic mass is 9.99. The Hall–Kier alpha value is -1.59. The molecule has 68 heavy (non-hydrogen) atoms. The summed E-state index contributed by atoms with van der Waals surface area (Å²) in [5.74, 6) is -0.154. The number of carbonyl (C=O) groups excluding carboxylic acids is 1. The first kappa shape index (κ1) is 64.4. The molecule has 7 atom stereocenters. The lowest BCUT2D eigenvalue weighted by Crippen LogP contribution is -2.60. The van der Waals surface area contributed by atoms with Gasteiger partial charge >= 0.3 is 0 Å². The van der Waals surface area contributed by atoms with Crippen LogP contribution in [-0.2, 0) is 14.3 Å². The predicted molar refractivity (Wildman–Crippen MR) is 286 cm³/mol. The van der Waals surface area contributed by atoms with Gasteiger partial charge in [-0.3, -0.25) is 4.79 Å². The number of nitrogens with one attached hydrogen (secondary N) is 1. The highest BCUT2D eigenvalue weighted by Gasteiger charge is 2.44. The summed E-state index contributed by atoms with van der Waals surface area (Å²) >= 11 is 0. The fourth-order valence-electron chi connectivity index (χ4n) is 9.35. The van der Waals surface area contributed by atoms with Gasteiger partial charge in [0.2, 0.25) is 5.91 Å². The molecule has 7 unspecified atom stereocenters. The average Bonchev–Trinajstić information content (AvgIpc) is 3.34. The third-order valence-electron chi connectivity index (χ3n) is 14.0. The highest BCUT2D eigenvalue weighted by atomic mass is 16.7. The van der Waals surface area contributed by atoms with Crippen molar-refractivity contribution in [3.63, 3.8) is 0 Å². The second kappa shape index (κ2) is 49.0. The lowest BCUT2D eigenvalue weighted by Gasteiger charge is -2.40. The number of aliphatic hydroxyl groups excluding tert-OH is 5. The molecule has 9 heteroatoms. The van der Waals surface area contributed by atoms with Crippen molar-refractivity contribution in [1.29, 1.82) is 0 Å². The van der Waals surface area contributed by atoms with Gasteiger partial charge in [0.1, 0.15) is 24.4 Å². The van der Waals surface area contributed by atoms with Gasteiger partial charge in [0.05, 0.1) is 25.4 Å². The Balaban J connectivity index is 2.22. The van der Waals surface area contributed by atoms with Crippen LogP contribution in [0.1, 0.15) is 277 Å². The van der Waals surface area contributed by atoms with E-state index in [9.17, 15) is 30.3 Å². The molecule has 1 aliphatic rings. The molecule has 0 aromatic carbocycles. The van der Waals surface area contributed by atoms with Crippen molar-refractivity contribution in [3.05, 3.63) is 36.5 Å². The number of carbonyl (C=O) groups is 1.